The zero-order chi connectivity index (χ0) is 34.4. The van der Waals surface area contributed by atoms with Crippen LogP contribution < -0.4 is 9.64 Å². The molecule has 2 aliphatic heterocycles. The van der Waals surface area contributed by atoms with Gasteiger partial charge >= 0.3 is 12.1 Å². The van der Waals surface area contributed by atoms with Crippen molar-refractivity contribution in [3.63, 3.8) is 0 Å². The molecule has 5 heterocycles. The smallest absolute Gasteiger partial charge is 0.410 e. The van der Waals surface area contributed by atoms with E-state index in [2.05, 4.69) is 24.8 Å². The first-order chi connectivity index (χ1) is 22.7. The first kappa shape index (κ1) is 33.4. The minimum Gasteiger partial charge on any atom is -0.462 e. The second-order valence-electron chi connectivity index (χ2n) is 13.1. The van der Waals surface area contributed by atoms with E-state index in [1.54, 1.807) is 46.1 Å². The largest absolute Gasteiger partial charge is 0.462 e. The quantitative estimate of drug-likeness (QED) is 0.224. The lowest BCUT2D eigenvalue weighted by Gasteiger charge is -2.40. The van der Waals surface area contributed by atoms with Gasteiger partial charge in [-0.15, -0.1) is 0 Å². The highest BCUT2D eigenvalue weighted by Gasteiger charge is 2.43. The lowest BCUT2D eigenvalue weighted by molar-refractivity contribution is 0.0134. The molecule has 2 fully saturated rings. The summed E-state index contributed by atoms with van der Waals surface area (Å²) in [6.45, 7) is 12.9. The van der Waals surface area contributed by atoms with Crippen LogP contribution in [0.4, 0.5) is 23.8 Å². The van der Waals surface area contributed by atoms with Gasteiger partial charge in [0.1, 0.15) is 35.3 Å². The fraction of sp³-hybridized carbons (Fsp3) is 0.455. The van der Waals surface area contributed by atoms with Crippen molar-refractivity contribution in [2.75, 3.05) is 51.3 Å². The number of anilines is 1. The van der Waals surface area contributed by atoms with Gasteiger partial charge in [-0.3, -0.25) is 19.8 Å². The summed E-state index contributed by atoms with van der Waals surface area (Å²) in [5.74, 6) is -3.36. The molecule has 11 nitrogen and oxygen atoms in total. The molecule has 0 aliphatic carbocycles. The summed E-state index contributed by atoms with van der Waals surface area (Å²) in [7, 11) is 1.59. The molecule has 252 valence electrons. The molecule has 2 saturated heterocycles. The number of likely N-dealkylation sites (N-methyl/N-ethyl adjacent to an activating group) is 1. The highest BCUT2D eigenvalue weighted by Crippen LogP contribution is 2.37. The van der Waals surface area contributed by atoms with Crippen molar-refractivity contribution in [3.8, 4) is 17.3 Å². The molecule has 1 aromatic carbocycles. The molecule has 3 aromatic heterocycles. The molecule has 48 heavy (non-hydrogen) atoms. The maximum Gasteiger partial charge on any atom is 0.410 e. The molecule has 15 heteroatoms. The van der Waals surface area contributed by atoms with Crippen molar-refractivity contribution in [1.29, 1.82) is 0 Å². The van der Waals surface area contributed by atoms with Gasteiger partial charge in [-0.25, -0.2) is 24.5 Å². The Labute approximate surface area is 280 Å². The van der Waals surface area contributed by atoms with E-state index in [1.807, 2.05) is 11.0 Å². The highest BCUT2D eigenvalue weighted by atomic mass is 35.5. The number of hydrogen-bond acceptors (Lipinski definition) is 9. The molecular formula is C33H34ClF3N8O3. The Morgan fingerprint density at radius 2 is 1.96 bits per heavy atom. The molecule has 0 N–H and O–H groups in total. The van der Waals surface area contributed by atoms with E-state index in [4.69, 9.17) is 27.6 Å². The number of carbonyl (C=O) groups is 1. The number of hydrogen-bond donors (Lipinski definition) is 0. The number of fused-ring (bicyclic) bond motifs is 2. The Balaban J connectivity index is 1.42. The lowest BCUT2D eigenvalue weighted by Crippen LogP contribution is -2.57. The van der Waals surface area contributed by atoms with Crippen LogP contribution in [-0.4, -0.2) is 106 Å². The summed E-state index contributed by atoms with van der Waals surface area (Å²) in [4.78, 5) is 39.2. The number of halogens is 4. The summed E-state index contributed by atoms with van der Waals surface area (Å²) < 4.78 is 56.3. The fourth-order valence-corrected chi connectivity index (χ4v) is 6.45. The second kappa shape index (κ2) is 12.9. The van der Waals surface area contributed by atoms with Gasteiger partial charge in [-0.05, 0) is 33.9 Å². The fourth-order valence-electron chi connectivity index (χ4n) is 6.17. The Morgan fingerprint density at radius 1 is 1.17 bits per heavy atom. The third-order valence-corrected chi connectivity index (χ3v) is 8.70. The minimum absolute atomic E-state index is 0.00403. The zero-order valence-electron chi connectivity index (χ0n) is 26.9. The van der Waals surface area contributed by atoms with Crippen LogP contribution >= 0.6 is 11.6 Å². The molecule has 1 amide bonds. The van der Waals surface area contributed by atoms with E-state index in [-0.39, 0.29) is 61.2 Å². The van der Waals surface area contributed by atoms with E-state index >= 15 is 4.39 Å². The molecule has 0 spiro atoms. The van der Waals surface area contributed by atoms with E-state index in [0.29, 0.717) is 21.4 Å². The Morgan fingerprint density at radius 3 is 2.67 bits per heavy atom. The van der Waals surface area contributed by atoms with Gasteiger partial charge < -0.3 is 19.2 Å². The number of aromatic nitrogens is 4. The average molecular weight is 683 g/mol. The van der Waals surface area contributed by atoms with Crippen molar-refractivity contribution < 1.29 is 27.4 Å². The van der Waals surface area contributed by atoms with Gasteiger partial charge in [-0.2, -0.15) is 9.97 Å². The van der Waals surface area contributed by atoms with E-state index in [9.17, 15) is 13.6 Å². The number of likely N-dealkylation sites (tertiary alicyclic amines) is 1. The summed E-state index contributed by atoms with van der Waals surface area (Å²) >= 11 is 6.53. The SMILES string of the molecule is [C-]#[N+]C[C@H]1CN(c2nc(OC[C@@H]3CC(F)(F)CN3C)nc3c(F)c(-c4cncc5cccc(Cl)c45)ncc23)CCN1C(=O)OC(C)(C)C. The van der Waals surface area contributed by atoms with Gasteiger partial charge in [0.25, 0.3) is 5.92 Å². The van der Waals surface area contributed by atoms with Crippen LogP contribution in [0.15, 0.2) is 36.8 Å². The van der Waals surface area contributed by atoms with Crippen molar-refractivity contribution in [3.05, 3.63) is 59.0 Å². The predicted molar refractivity (Wildman–Crippen MR) is 175 cm³/mol. The Bertz CT molecular complexity index is 1910. The molecule has 0 radical (unpaired) electrons. The van der Waals surface area contributed by atoms with Crippen molar-refractivity contribution in [2.24, 2.45) is 0 Å². The second-order valence-corrected chi connectivity index (χ2v) is 13.5. The molecule has 0 unspecified atom stereocenters. The van der Waals surface area contributed by atoms with Crippen LogP contribution in [0.25, 0.3) is 37.8 Å². The Kier molecular flexibility index (Phi) is 8.95. The number of ether oxygens (including phenoxy) is 2. The third kappa shape index (κ3) is 6.75. The standard InChI is InChI=1S/C33H34ClF3N8O3/c1-32(2,3)48-31(46)45-10-9-44(16-21(45)13-38-4)29-23-15-40-27(22-14-39-12-19-7-6-8-24(34)25(19)22)26(35)28(23)41-30(42-29)47-17-20-11-33(36,37)18-43(20)5/h6-8,12,14-15,20-21H,9-11,13,16-18H2,1-3,5H3/t20-,21-/m0/s1. The highest BCUT2D eigenvalue weighted by molar-refractivity contribution is 6.36. The van der Waals surface area contributed by atoms with Crippen molar-refractivity contribution in [2.45, 2.75) is 50.8 Å². The number of amides is 1. The van der Waals surface area contributed by atoms with Crippen LogP contribution in [0.3, 0.4) is 0 Å². The lowest BCUT2D eigenvalue weighted by atomic mass is 10.0. The molecule has 2 atom stereocenters. The third-order valence-electron chi connectivity index (χ3n) is 8.39. The Hall–Kier alpha value is -4.48. The van der Waals surface area contributed by atoms with Crippen LogP contribution in [-0.2, 0) is 4.74 Å². The first-order valence-electron chi connectivity index (χ1n) is 15.4. The maximum atomic E-state index is 16.7. The van der Waals surface area contributed by atoms with Crippen LogP contribution in [0, 0.1) is 12.4 Å². The normalized spacial score (nSPS) is 19.9. The van der Waals surface area contributed by atoms with Gasteiger partial charge in [-0.1, -0.05) is 23.7 Å². The predicted octanol–water partition coefficient (Wildman–Crippen LogP) is 6.10. The number of pyridine rings is 2. The number of piperazine rings is 1. The average Bonchev–Trinajstić information content (AvgIpc) is 3.29. The van der Waals surface area contributed by atoms with E-state index in [0.717, 1.165) is 0 Å². The number of rotatable bonds is 6. The molecule has 4 aromatic rings. The monoisotopic (exact) mass is 682 g/mol. The van der Waals surface area contributed by atoms with Gasteiger partial charge in [0.15, 0.2) is 5.82 Å². The zero-order valence-corrected chi connectivity index (χ0v) is 27.6. The number of nitrogens with zero attached hydrogens (tertiary/aromatic N) is 8. The van der Waals surface area contributed by atoms with Gasteiger partial charge in [0, 0.05) is 72.0 Å². The van der Waals surface area contributed by atoms with Gasteiger partial charge in [0.05, 0.1) is 11.9 Å². The molecule has 0 saturated carbocycles. The summed E-state index contributed by atoms with van der Waals surface area (Å²) in [5, 5.41) is 1.92. The molecular weight excluding hydrogens is 649 g/mol. The first-order valence-corrected chi connectivity index (χ1v) is 15.8. The minimum atomic E-state index is -2.86. The maximum absolute atomic E-state index is 16.7. The topological polar surface area (TPSA) is 101 Å². The summed E-state index contributed by atoms with van der Waals surface area (Å²) in [6, 6.07) is 3.90. The molecule has 2 aliphatic rings. The summed E-state index contributed by atoms with van der Waals surface area (Å²) in [6.07, 6.45) is 3.62. The van der Waals surface area contributed by atoms with Crippen LogP contribution in [0.2, 0.25) is 5.02 Å². The van der Waals surface area contributed by atoms with E-state index in [1.165, 1.54) is 22.2 Å². The van der Waals surface area contributed by atoms with Crippen LogP contribution in [0.5, 0.6) is 6.01 Å². The molecule has 6 rings (SSSR count). The number of alkyl halides is 2. The van der Waals surface area contributed by atoms with Crippen molar-refractivity contribution in [1.82, 2.24) is 29.7 Å². The number of benzene rings is 1. The van der Waals surface area contributed by atoms with Crippen molar-refractivity contribution >= 4 is 45.2 Å². The van der Waals surface area contributed by atoms with E-state index < -0.39 is 48.5 Å². The van der Waals surface area contributed by atoms with Crippen LogP contribution in [0.1, 0.15) is 27.2 Å². The van der Waals surface area contributed by atoms with Gasteiger partial charge in [0.2, 0.25) is 6.54 Å². The summed E-state index contributed by atoms with van der Waals surface area (Å²) in [5.41, 5.74) is -0.516. The number of carbonyl (C=O) groups excluding carboxylic acids is 1. The molecule has 0 bridgehead atoms.